The van der Waals surface area contributed by atoms with Crippen molar-refractivity contribution in [2.75, 3.05) is 0 Å². The second kappa shape index (κ2) is 4.24. The van der Waals surface area contributed by atoms with Gasteiger partial charge in [-0.05, 0) is 74.0 Å². The first-order chi connectivity index (χ1) is 9.25. The van der Waals surface area contributed by atoms with Gasteiger partial charge in [0.25, 0.3) is 0 Å². The van der Waals surface area contributed by atoms with Crippen molar-refractivity contribution < 1.29 is 4.74 Å². The first-order valence-electron chi connectivity index (χ1n) is 7.73. The minimum Gasteiger partial charge on any atom is -0.487 e. The van der Waals surface area contributed by atoms with Crippen molar-refractivity contribution in [2.45, 2.75) is 50.7 Å². The largest absolute Gasteiger partial charge is 0.487 e. The van der Waals surface area contributed by atoms with Gasteiger partial charge in [-0.1, -0.05) is 12.1 Å². The second-order valence-electron chi connectivity index (χ2n) is 7.05. The zero-order chi connectivity index (χ0) is 12.9. The molecule has 2 heteroatoms. The van der Waals surface area contributed by atoms with Crippen molar-refractivity contribution in [1.29, 1.82) is 0 Å². The number of ether oxygens (including phenoxy) is 1. The van der Waals surface area contributed by atoms with Gasteiger partial charge in [-0.15, -0.1) is 0 Å². The van der Waals surface area contributed by atoms with Crippen LogP contribution in [-0.4, -0.2) is 5.60 Å². The van der Waals surface area contributed by atoms with Gasteiger partial charge in [0.1, 0.15) is 11.4 Å². The molecule has 0 aliphatic heterocycles. The Morgan fingerprint density at radius 2 is 1.47 bits per heavy atom. The van der Waals surface area contributed by atoms with Crippen LogP contribution in [0, 0.1) is 17.8 Å². The van der Waals surface area contributed by atoms with Gasteiger partial charge in [0, 0.05) is 6.54 Å². The molecule has 102 valence electrons. The van der Waals surface area contributed by atoms with E-state index in [-0.39, 0.29) is 5.60 Å². The second-order valence-corrected chi connectivity index (χ2v) is 7.05. The molecule has 1 aromatic rings. The fraction of sp³-hybridized carbons (Fsp3) is 0.647. The summed E-state index contributed by atoms with van der Waals surface area (Å²) in [6, 6.07) is 8.38. The summed E-state index contributed by atoms with van der Waals surface area (Å²) in [4.78, 5) is 0. The van der Waals surface area contributed by atoms with Crippen molar-refractivity contribution in [3.05, 3.63) is 29.8 Å². The highest BCUT2D eigenvalue weighted by Gasteiger charge is 2.52. The lowest BCUT2D eigenvalue weighted by Crippen LogP contribution is -2.53. The van der Waals surface area contributed by atoms with Gasteiger partial charge >= 0.3 is 0 Å². The van der Waals surface area contributed by atoms with Gasteiger partial charge in [0.05, 0.1) is 0 Å². The van der Waals surface area contributed by atoms with E-state index in [1.807, 2.05) is 0 Å². The van der Waals surface area contributed by atoms with Gasteiger partial charge in [-0.25, -0.2) is 0 Å². The van der Waals surface area contributed by atoms with Crippen LogP contribution in [0.5, 0.6) is 5.75 Å². The monoisotopic (exact) mass is 257 g/mol. The normalized spacial score (nSPS) is 39.5. The van der Waals surface area contributed by atoms with E-state index in [1.54, 1.807) is 0 Å². The lowest BCUT2D eigenvalue weighted by atomic mass is 9.54. The maximum Gasteiger partial charge on any atom is 0.120 e. The maximum atomic E-state index is 6.47. The molecule has 0 unspecified atom stereocenters. The minimum atomic E-state index is 0.166. The summed E-state index contributed by atoms with van der Waals surface area (Å²) in [6.07, 6.45) is 8.27. The van der Waals surface area contributed by atoms with E-state index in [9.17, 15) is 0 Å². The quantitative estimate of drug-likeness (QED) is 0.899. The molecule has 1 aromatic carbocycles. The summed E-state index contributed by atoms with van der Waals surface area (Å²) in [5.74, 6) is 3.86. The topological polar surface area (TPSA) is 35.2 Å². The number of nitrogens with two attached hydrogens (primary N) is 1. The fourth-order valence-electron chi connectivity index (χ4n) is 5.10. The third-order valence-corrected chi connectivity index (χ3v) is 5.48. The van der Waals surface area contributed by atoms with Gasteiger partial charge in [-0.3, -0.25) is 0 Å². The summed E-state index contributed by atoms with van der Waals surface area (Å²) in [5.41, 5.74) is 6.99. The zero-order valence-electron chi connectivity index (χ0n) is 11.5. The van der Waals surface area contributed by atoms with Crippen LogP contribution in [0.3, 0.4) is 0 Å². The van der Waals surface area contributed by atoms with E-state index in [0.717, 1.165) is 23.5 Å². The van der Waals surface area contributed by atoms with Crippen LogP contribution in [0.4, 0.5) is 0 Å². The van der Waals surface area contributed by atoms with E-state index >= 15 is 0 Å². The highest BCUT2D eigenvalue weighted by molar-refractivity contribution is 5.28. The number of hydrogen-bond donors (Lipinski definition) is 1. The standard InChI is InChI=1S/C17H23NO/c18-11-12-1-3-16(4-2-12)19-17-8-13-5-14(9-17)7-15(6-13)10-17/h1-4,13-15H,5-11,18H2. The first-order valence-corrected chi connectivity index (χ1v) is 7.73. The Morgan fingerprint density at radius 1 is 0.947 bits per heavy atom. The minimum absolute atomic E-state index is 0.166. The molecule has 0 aromatic heterocycles. The molecular weight excluding hydrogens is 234 g/mol. The predicted molar refractivity (Wildman–Crippen MR) is 75.9 cm³/mol. The molecular formula is C17H23NO. The van der Waals surface area contributed by atoms with Crippen LogP contribution in [0.2, 0.25) is 0 Å². The molecule has 0 saturated heterocycles. The Hall–Kier alpha value is -1.02. The van der Waals surface area contributed by atoms with Gasteiger partial charge in [-0.2, -0.15) is 0 Å². The summed E-state index contributed by atoms with van der Waals surface area (Å²) < 4.78 is 6.47. The number of rotatable bonds is 3. The van der Waals surface area contributed by atoms with E-state index in [2.05, 4.69) is 24.3 Å². The Bertz CT molecular complexity index is 429. The van der Waals surface area contributed by atoms with Crippen LogP contribution >= 0.6 is 0 Å². The van der Waals surface area contributed by atoms with Crippen LogP contribution in [0.25, 0.3) is 0 Å². The average molecular weight is 257 g/mol. The highest BCUT2D eigenvalue weighted by Crippen LogP contribution is 2.56. The molecule has 0 amide bonds. The molecule has 4 saturated carbocycles. The van der Waals surface area contributed by atoms with Gasteiger partial charge < -0.3 is 10.5 Å². The number of benzene rings is 1. The third kappa shape index (κ3) is 2.06. The Labute approximate surface area is 115 Å². The molecule has 19 heavy (non-hydrogen) atoms. The maximum absolute atomic E-state index is 6.47. The summed E-state index contributed by atoms with van der Waals surface area (Å²) in [5, 5.41) is 0. The Morgan fingerprint density at radius 3 is 1.95 bits per heavy atom. The molecule has 0 heterocycles. The first kappa shape index (κ1) is 11.8. The van der Waals surface area contributed by atoms with Gasteiger partial charge in [0.2, 0.25) is 0 Å². The molecule has 2 nitrogen and oxygen atoms in total. The molecule has 4 aliphatic rings. The van der Waals surface area contributed by atoms with E-state index in [4.69, 9.17) is 10.5 Å². The van der Waals surface area contributed by atoms with Crippen LogP contribution in [0.1, 0.15) is 44.1 Å². The summed E-state index contributed by atoms with van der Waals surface area (Å²) >= 11 is 0. The van der Waals surface area contributed by atoms with Crippen LogP contribution in [0.15, 0.2) is 24.3 Å². The van der Waals surface area contributed by atoms with E-state index < -0.39 is 0 Å². The fourth-order valence-corrected chi connectivity index (χ4v) is 5.10. The van der Waals surface area contributed by atoms with Crippen molar-refractivity contribution in [2.24, 2.45) is 23.5 Å². The highest BCUT2D eigenvalue weighted by atomic mass is 16.5. The molecule has 0 radical (unpaired) electrons. The molecule has 2 N–H and O–H groups in total. The Kier molecular flexibility index (Phi) is 2.63. The summed E-state index contributed by atoms with van der Waals surface area (Å²) in [7, 11) is 0. The molecule has 0 atom stereocenters. The molecule has 0 spiro atoms. The molecule has 4 bridgehead atoms. The Balaban J connectivity index is 1.55. The van der Waals surface area contributed by atoms with Crippen LogP contribution < -0.4 is 10.5 Å². The number of hydrogen-bond acceptors (Lipinski definition) is 2. The lowest BCUT2D eigenvalue weighted by molar-refractivity contribution is -0.107. The summed E-state index contributed by atoms with van der Waals surface area (Å²) in [6.45, 7) is 0.609. The van der Waals surface area contributed by atoms with Crippen molar-refractivity contribution in [1.82, 2.24) is 0 Å². The lowest BCUT2D eigenvalue weighted by Gasteiger charge is -2.56. The van der Waals surface area contributed by atoms with Crippen molar-refractivity contribution >= 4 is 0 Å². The third-order valence-electron chi connectivity index (χ3n) is 5.48. The zero-order valence-corrected chi connectivity index (χ0v) is 11.5. The molecule has 4 aliphatic carbocycles. The van der Waals surface area contributed by atoms with E-state index in [0.29, 0.717) is 6.54 Å². The van der Waals surface area contributed by atoms with E-state index in [1.165, 1.54) is 44.1 Å². The van der Waals surface area contributed by atoms with Crippen LogP contribution in [-0.2, 0) is 6.54 Å². The molecule has 5 rings (SSSR count). The predicted octanol–water partition coefficient (Wildman–Crippen LogP) is 3.49. The van der Waals surface area contributed by atoms with Crippen molar-refractivity contribution in [3.63, 3.8) is 0 Å². The average Bonchev–Trinajstić information content (AvgIpc) is 2.37. The van der Waals surface area contributed by atoms with Crippen molar-refractivity contribution in [3.8, 4) is 5.75 Å². The smallest absolute Gasteiger partial charge is 0.120 e. The SMILES string of the molecule is NCc1ccc(OC23CC4CC(CC(C4)C2)C3)cc1. The van der Waals surface area contributed by atoms with Gasteiger partial charge in [0.15, 0.2) is 0 Å². The molecule has 4 fully saturated rings.